The van der Waals surface area contributed by atoms with Gasteiger partial charge in [-0.15, -0.1) is 0 Å². The van der Waals surface area contributed by atoms with Crippen LogP contribution >= 0.6 is 0 Å². The lowest BCUT2D eigenvalue weighted by atomic mass is 9.53. The molecule has 2 aromatic rings. The van der Waals surface area contributed by atoms with E-state index in [0.29, 0.717) is 12.0 Å². The fourth-order valence-electron chi connectivity index (χ4n) is 5.45. The maximum absolute atomic E-state index is 13.3. The fraction of sp³-hybridized carbons (Fsp3) is 0.458. The Hall–Kier alpha value is -2.57. The summed E-state index contributed by atoms with van der Waals surface area (Å²) in [5.74, 6) is -0.897. The molecular formula is C24H32N2O4. The van der Waals surface area contributed by atoms with Crippen LogP contribution in [0.3, 0.4) is 0 Å². The number of phenols is 2. The summed E-state index contributed by atoms with van der Waals surface area (Å²) in [6.45, 7) is 3.73. The summed E-state index contributed by atoms with van der Waals surface area (Å²) in [4.78, 5) is 13.3. The average Bonchev–Trinajstić information content (AvgIpc) is 2.77. The largest absolute Gasteiger partial charge is 0.504 e. The van der Waals surface area contributed by atoms with E-state index in [1.807, 2.05) is 30.3 Å². The Morgan fingerprint density at radius 3 is 2.30 bits per heavy atom. The van der Waals surface area contributed by atoms with Gasteiger partial charge in [-0.2, -0.15) is 0 Å². The number of hydrogen-bond acceptors (Lipinski definition) is 5. The first-order chi connectivity index (χ1) is 14.4. The van der Waals surface area contributed by atoms with Crippen molar-refractivity contribution in [1.29, 1.82) is 0 Å². The summed E-state index contributed by atoms with van der Waals surface area (Å²) in [6.07, 6.45) is 3.10. The highest BCUT2D eigenvalue weighted by molar-refractivity contribution is 5.87. The van der Waals surface area contributed by atoms with Crippen LogP contribution in [0.5, 0.6) is 11.5 Å². The molecule has 1 amide bonds. The van der Waals surface area contributed by atoms with Gasteiger partial charge < -0.3 is 26.0 Å². The molecular weight excluding hydrogens is 380 g/mol. The minimum Gasteiger partial charge on any atom is -0.504 e. The van der Waals surface area contributed by atoms with Gasteiger partial charge in [-0.1, -0.05) is 49.7 Å². The highest BCUT2D eigenvalue weighted by Gasteiger charge is 2.61. The number of ether oxygens (including phenoxy) is 1. The molecule has 1 aliphatic heterocycles. The number of amides is 1. The minimum atomic E-state index is -1.43. The first kappa shape index (κ1) is 22.1. The third-order valence-corrected chi connectivity index (χ3v) is 6.63. The summed E-state index contributed by atoms with van der Waals surface area (Å²) in [6, 6.07) is 14.2. The van der Waals surface area contributed by atoms with Crippen molar-refractivity contribution in [3.63, 3.8) is 0 Å². The number of benzene rings is 2. The maximum Gasteiger partial charge on any atom is 0.255 e. The Morgan fingerprint density at radius 1 is 1.10 bits per heavy atom. The Kier molecular flexibility index (Phi) is 6.68. The van der Waals surface area contributed by atoms with E-state index in [0.717, 1.165) is 37.9 Å². The Morgan fingerprint density at radius 2 is 1.77 bits per heavy atom. The minimum absolute atomic E-state index is 0.0790. The molecule has 1 heterocycles. The molecule has 1 saturated heterocycles. The average molecular weight is 413 g/mol. The Bertz CT molecular complexity index is 867. The number of piperidine rings is 1. The van der Waals surface area contributed by atoms with Gasteiger partial charge in [-0.3, -0.25) is 4.79 Å². The third-order valence-electron chi connectivity index (χ3n) is 6.63. The van der Waals surface area contributed by atoms with E-state index in [9.17, 15) is 15.0 Å². The van der Waals surface area contributed by atoms with Crippen molar-refractivity contribution in [1.82, 2.24) is 5.32 Å². The highest BCUT2D eigenvalue weighted by atomic mass is 16.5. The van der Waals surface area contributed by atoms with E-state index in [4.69, 9.17) is 10.5 Å². The number of phenolic OH excluding ortho intramolecular Hbond substituents is 2. The number of aromatic hydroxyl groups is 2. The van der Waals surface area contributed by atoms with Crippen molar-refractivity contribution < 1.29 is 19.7 Å². The monoisotopic (exact) mass is 412 g/mol. The van der Waals surface area contributed by atoms with Crippen molar-refractivity contribution in [2.45, 2.75) is 43.6 Å². The third kappa shape index (κ3) is 3.44. The quantitative estimate of drug-likeness (QED) is 0.499. The molecule has 0 radical (unpaired) electrons. The van der Waals surface area contributed by atoms with Crippen LogP contribution in [0.25, 0.3) is 0 Å². The zero-order valence-corrected chi connectivity index (χ0v) is 17.7. The lowest BCUT2D eigenvalue weighted by Gasteiger charge is -2.54. The molecule has 6 heteroatoms. The number of rotatable bonds is 8. The van der Waals surface area contributed by atoms with Gasteiger partial charge in [0.2, 0.25) is 0 Å². The molecule has 5 N–H and O–H groups in total. The topological polar surface area (TPSA) is 105 Å². The summed E-state index contributed by atoms with van der Waals surface area (Å²) < 4.78 is 6.14. The van der Waals surface area contributed by atoms with Crippen LogP contribution in [0.15, 0.2) is 48.5 Å². The van der Waals surface area contributed by atoms with Crippen LogP contribution in [-0.4, -0.2) is 36.3 Å². The molecule has 0 spiro atoms. The van der Waals surface area contributed by atoms with Gasteiger partial charge >= 0.3 is 0 Å². The van der Waals surface area contributed by atoms with Crippen LogP contribution in [0.1, 0.15) is 43.7 Å². The molecule has 3 rings (SSSR count). The number of primary amides is 1. The van der Waals surface area contributed by atoms with Crippen molar-refractivity contribution in [3.8, 4) is 11.5 Å². The van der Waals surface area contributed by atoms with E-state index in [1.165, 1.54) is 13.2 Å². The van der Waals surface area contributed by atoms with E-state index < -0.39 is 16.9 Å². The summed E-state index contributed by atoms with van der Waals surface area (Å²) in [5.41, 5.74) is 5.33. The number of carbonyl (C=O) groups excluding carboxylic acids is 1. The second-order valence-corrected chi connectivity index (χ2v) is 8.06. The molecule has 2 atom stereocenters. The van der Waals surface area contributed by atoms with Gasteiger partial charge in [0.25, 0.3) is 5.91 Å². The number of nitrogens with one attached hydrogen (secondary N) is 1. The van der Waals surface area contributed by atoms with Crippen molar-refractivity contribution >= 4 is 5.91 Å². The summed E-state index contributed by atoms with van der Waals surface area (Å²) in [5, 5.41) is 23.7. The molecule has 30 heavy (non-hydrogen) atoms. The molecule has 0 aromatic heterocycles. The van der Waals surface area contributed by atoms with Crippen molar-refractivity contribution in [2.75, 3.05) is 20.2 Å². The van der Waals surface area contributed by atoms with Crippen molar-refractivity contribution in [3.05, 3.63) is 59.7 Å². The molecule has 6 nitrogen and oxygen atoms in total. The molecule has 0 aliphatic carbocycles. The molecule has 0 bridgehead atoms. The highest BCUT2D eigenvalue weighted by Crippen LogP contribution is 2.55. The van der Waals surface area contributed by atoms with Crippen LogP contribution in [0, 0.1) is 5.92 Å². The van der Waals surface area contributed by atoms with Crippen LogP contribution in [-0.2, 0) is 20.5 Å². The smallest absolute Gasteiger partial charge is 0.255 e. The maximum atomic E-state index is 13.3. The van der Waals surface area contributed by atoms with E-state index in [2.05, 4.69) is 12.2 Å². The van der Waals surface area contributed by atoms with E-state index >= 15 is 0 Å². The fourth-order valence-corrected chi connectivity index (χ4v) is 5.45. The normalized spacial score (nSPS) is 19.0. The van der Waals surface area contributed by atoms with Gasteiger partial charge in [0.15, 0.2) is 17.1 Å². The Balaban J connectivity index is 2.40. The number of nitrogens with two attached hydrogens (primary N) is 1. The standard InChI is InChI=1S/C24H32N2O4/c1-3-13-23(17-11-14-26-15-12-17,19-9-10-20(27)21(28)16-19)24(30-2,22(25)29)18-7-5-4-6-8-18/h4-10,16-17,26-28H,3,11-15H2,1-2H3,(H2,25,29). The molecule has 0 saturated carbocycles. The first-order valence-corrected chi connectivity index (χ1v) is 10.6. The molecule has 162 valence electrons. The van der Waals surface area contributed by atoms with Gasteiger partial charge in [0.05, 0.1) is 0 Å². The molecule has 1 fully saturated rings. The van der Waals surface area contributed by atoms with Gasteiger partial charge in [0.1, 0.15) is 0 Å². The van der Waals surface area contributed by atoms with Crippen LogP contribution in [0.4, 0.5) is 0 Å². The van der Waals surface area contributed by atoms with Gasteiger partial charge in [-0.25, -0.2) is 0 Å². The zero-order chi connectivity index (χ0) is 21.8. The number of hydrogen-bond donors (Lipinski definition) is 4. The number of methoxy groups -OCH3 is 1. The lowest BCUT2D eigenvalue weighted by Crippen LogP contribution is -2.62. The SMILES string of the molecule is CCCC(c1ccc(O)c(O)c1)(C1CCNCC1)C(OC)(C(N)=O)c1ccccc1. The summed E-state index contributed by atoms with van der Waals surface area (Å²) in [7, 11) is 1.53. The predicted molar refractivity (Wildman–Crippen MR) is 116 cm³/mol. The molecule has 2 unspecified atom stereocenters. The summed E-state index contributed by atoms with van der Waals surface area (Å²) >= 11 is 0. The van der Waals surface area contributed by atoms with E-state index in [-0.39, 0.29) is 17.4 Å². The second kappa shape index (κ2) is 9.06. The second-order valence-electron chi connectivity index (χ2n) is 8.06. The van der Waals surface area contributed by atoms with Gasteiger partial charge in [0, 0.05) is 12.5 Å². The Labute approximate surface area is 178 Å². The van der Waals surface area contributed by atoms with E-state index in [1.54, 1.807) is 12.1 Å². The molecule has 1 aliphatic rings. The van der Waals surface area contributed by atoms with Crippen LogP contribution < -0.4 is 11.1 Å². The zero-order valence-electron chi connectivity index (χ0n) is 17.7. The van der Waals surface area contributed by atoms with Crippen LogP contribution in [0.2, 0.25) is 0 Å². The number of carbonyl (C=O) groups is 1. The van der Waals surface area contributed by atoms with Crippen molar-refractivity contribution in [2.24, 2.45) is 11.7 Å². The lowest BCUT2D eigenvalue weighted by molar-refractivity contribution is -0.161. The molecule has 2 aromatic carbocycles. The first-order valence-electron chi connectivity index (χ1n) is 10.6. The predicted octanol–water partition coefficient (Wildman–Crippen LogP) is 3.16. The van der Waals surface area contributed by atoms with Gasteiger partial charge in [-0.05, 0) is 61.5 Å².